The first-order valence-electron chi connectivity index (χ1n) is 5.77. The van der Waals surface area contributed by atoms with E-state index in [9.17, 15) is 14.7 Å². The third-order valence-electron chi connectivity index (χ3n) is 2.82. The van der Waals surface area contributed by atoms with Crippen molar-refractivity contribution in [3.05, 3.63) is 48.0 Å². The van der Waals surface area contributed by atoms with Crippen molar-refractivity contribution in [3.8, 4) is 5.75 Å². The number of ketones is 1. The first kappa shape index (κ1) is 13.6. The topological polar surface area (TPSA) is 83.8 Å². The van der Waals surface area contributed by atoms with E-state index in [2.05, 4.69) is 0 Å². The van der Waals surface area contributed by atoms with E-state index in [1.165, 1.54) is 0 Å². The Morgan fingerprint density at radius 3 is 2.35 bits per heavy atom. The van der Waals surface area contributed by atoms with Gasteiger partial charge in [0, 0.05) is 11.6 Å². The molecule has 5 nitrogen and oxygen atoms in total. The number of carboxylic acid groups (broad SMARTS) is 1. The maximum absolute atomic E-state index is 11.0. The van der Waals surface area contributed by atoms with Gasteiger partial charge in [0.25, 0.3) is 5.78 Å². The lowest BCUT2D eigenvalue weighted by Crippen LogP contribution is -2.09. The SMILES string of the molecule is COc1ccc2cc(/C(O)=C/C(=O)C(=O)O)ccc2c1. The van der Waals surface area contributed by atoms with Crippen LogP contribution in [0.1, 0.15) is 5.56 Å². The van der Waals surface area contributed by atoms with Gasteiger partial charge in [0.15, 0.2) is 0 Å². The number of fused-ring (bicyclic) bond motifs is 1. The number of aliphatic hydroxyl groups excluding tert-OH is 1. The Bertz CT molecular complexity index is 715. The average Bonchev–Trinajstić information content (AvgIpc) is 2.45. The largest absolute Gasteiger partial charge is 0.507 e. The van der Waals surface area contributed by atoms with Gasteiger partial charge in [-0.25, -0.2) is 4.79 Å². The number of methoxy groups -OCH3 is 1. The zero-order valence-corrected chi connectivity index (χ0v) is 10.7. The van der Waals surface area contributed by atoms with Crippen molar-refractivity contribution < 1.29 is 24.5 Å². The minimum atomic E-state index is -1.61. The monoisotopic (exact) mass is 272 g/mol. The molecule has 0 bridgehead atoms. The Hall–Kier alpha value is -2.82. The molecule has 0 atom stereocenters. The molecule has 0 aromatic heterocycles. The molecular weight excluding hydrogens is 260 g/mol. The number of carbonyl (C=O) groups excluding carboxylic acids is 1. The fraction of sp³-hybridized carbons (Fsp3) is 0.0667. The molecule has 2 aromatic rings. The molecule has 0 radical (unpaired) electrons. The van der Waals surface area contributed by atoms with Gasteiger partial charge in [-0.1, -0.05) is 18.2 Å². The summed E-state index contributed by atoms with van der Waals surface area (Å²) in [7, 11) is 1.57. The van der Waals surface area contributed by atoms with Crippen LogP contribution in [0.25, 0.3) is 16.5 Å². The van der Waals surface area contributed by atoms with E-state index in [-0.39, 0.29) is 5.76 Å². The van der Waals surface area contributed by atoms with Gasteiger partial charge in [-0.3, -0.25) is 4.79 Å². The molecule has 5 heteroatoms. The fourth-order valence-corrected chi connectivity index (χ4v) is 1.78. The molecule has 0 heterocycles. The summed E-state index contributed by atoms with van der Waals surface area (Å²) in [5.74, 6) is -2.44. The van der Waals surface area contributed by atoms with Gasteiger partial charge >= 0.3 is 5.97 Å². The number of benzene rings is 2. The summed E-state index contributed by atoms with van der Waals surface area (Å²) in [4.78, 5) is 21.5. The Morgan fingerprint density at radius 1 is 1.05 bits per heavy atom. The highest BCUT2D eigenvalue weighted by Crippen LogP contribution is 2.24. The van der Waals surface area contributed by atoms with Crippen molar-refractivity contribution in [3.63, 3.8) is 0 Å². The number of aliphatic carboxylic acids is 1. The number of aliphatic hydroxyl groups is 1. The van der Waals surface area contributed by atoms with Crippen molar-refractivity contribution in [1.29, 1.82) is 0 Å². The molecular formula is C15H12O5. The highest BCUT2D eigenvalue weighted by atomic mass is 16.5. The maximum atomic E-state index is 11.0. The number of hydrogen-bond donors (Lipinski definition) is 2. The lowest BCUT2D eigenvalue weighted by molar-refractivity contribution is -0.146. The molecule has 0 aliphatic carbocycles. The standard InChI is InChI=1S/C15H12O5/c1-20-12-5-4-9-6-11(3-2-10(9)7-12)13(16)8-14(17)15(18)19/h2-8,16H,1H3,(H,18,19)/b13-8-. The van der Waals surface area contributed by atoms with E-state index in [0.717, 1.165) is 10.8 Å². The molecule has 0 spiro atoms. The predicted molar refractivity (Wildman–Crippen MR) is 73.7 cm³/mol. The third kappa shape index (κ3) is 2.77. The molecule has 0 unspecified atom stereocenters. The van der Waals surface area contributed by atoms with Gasteiger partial charge in [0.05, 0.1) is 7.11 Å². The second-order valence-electron chi connectivity index (χ2n) is 4.13. The van der Waals surface area contributed by atoms with Gasteiger partial charge < -0.3 is 14.9 Å². The zero-order chi connectivity index (χ0) is 14.7. The van der Waals surface area contributed by atoms with Crippen LogP contribution >= 0.6 is 0 Å². The smallest absolute Gasteiger partial charge is 0.376 e. The normalized spacial score (nSPS) is 11.3. The molecule has 0 aliphatic heterocycles. The van der Waals surface area contributed by atoms with Crippen LogP contribution in [0.4, 0.5) is 0 Å². The van der Waals surface area contributed by atoms with Gasteiger partial charge in [0.2, 0.25) is 0 Å². The predicted octanol–water partition coefficient (Wildman–Crippen LogP) is 2.40. The van der Waals surface area contributed by atoms with Crippen molar-refractivity contribution in [2.24, 2.45) is 0 Å². The summed E-state index contributed by atoms with van der Waals surface area (Å²) in [5.41, 5.74) is 0.372. The summed E-state index contributed by atoms with van der Waals surface area (Å²) >= 11 is 0. The van der Waals surface area contributed by atoms with Crippen LogP contribution in [-0.4, -0.2) is 29.1 Å². The highest BCUT2D eigenvalue weighted by Gasteiger charge is 2.10. The first-order chi connectivity index (χ1) is 9.51. The molecule has 102 valence electrons. The van der Waals surface area contributed by atoms with Crippen molar-refractivity contribution >= 4 is 28.3 Å². The van der Waals surface area contributed by atoms with Crippen LogP contribution in [-0.2, 0) is 9.59 Å². The minimum absolute atomic E-state index is 0.372. The van der Waals surface area contributed by atoms with E-state index >= 15 is 0 Å². The molecule has 0 saturated heterocycles. The van der Waals surface area contributed by atoms with Crippen LogP contribution in [0.5, 0.6) is 5.75 Å². The Labute approximate surface area is 114 Å². The van der Waals surface area contributed by atoms with Crippen molar-refractivity contribution in [1.82, 2.24) is 0 Å². The number of rotatable bonds is 4. The van der Waals surface area contributed by atoms with E-state index in [0.29, 0.717) is 17.4 Å². The van der Waals surface area contributed by atoms with Crippen LogP contribution in [0.3, 0.4) is 0 Å². The summed E-state index contributed by atoms with van der Waals surface area (Å²) in [6.07, 6.45) is 0.688. The van der Waals surface area contributed by atoms with Gasteiger partial charge in [-0.05, 0) is 29.0 Å². The zero-order valence-electron chi connectivity index (χ0n) is 10.7. The van der Waals surface area contributed by atoms with E-state index in [1.807, 2.05) is 12.1 Å². The van der Waals surface area contributed by atoms with E-state index < -0.39 is 11.8 Å². The summed E-state index contributed by atoms with van der Waals surface area (Å²) in [6, 6.07) is 10.4. The maximum Gasteiger partial charge on any atom is 0.376 e. The lowest BCUT2D eigenvalue weighted by atomic mass is 10.0. The third-order valence-corrected chi connectivity index (χ3v) is 2.82. The van der Waals surface area contributed by atoms with Crippen molar-refractivity contribution in [2.45, 2.75) is 0 Å². The Kier molecular flexibility index (Phi) is 3.70. The van der Waals surface area contributed by atoms with Crippen LogP contribution < -0.4 is 4.74 Å². The van der Waals surface area contributed by atoms with E-state index in [4.69, 9.17) is 9.84 Å². The lowest BCUT2D eigenvalue weighted by Gasteiger charge is -2.05. The summed E-state index contributed by atoms with van der Waals surface area (Å²) in [6.45, 7) is 0. The molecule has 2 rings (SSSR count). The fourth-order valence-electron chi connectivity index (χ4n) is 1.78. The van der Waals surface area contributed by atoms with Gasteiger partial charge in [-0.2, -0.15) is 0 Å². The number of ether oxygens (including phenoxy) is 1. The number of carboxylic acids is 1. The Morgan fingerprint density at radius 2 is 1.70 bits per heavy atom. The van der Waals surface area contributed by atoms with Crippen LogP contribution in [0.2, 0.25) is 0 Å². The second kappa shape index (κ2) is 5.44. The average molecular weight is 272 g/mol. The molecule has 20 heavy (non-hydrogen) atoms. The quantitative estimate of drug-likeness (QED) is 0.507. The molecule has 2 N–H and O–H groups in total. The number of carbonyl (C=O) groups is 2. The van der Waals surface area contributed by atoms with Crippen LogP contribution in [0.15, 0.2) is 42.5 Å². The Balaban J connectivity index is 2.41. The van der Waals surface area contributed by atoms with Crippen LogP contribution in [0, 0.1) is 0 Å². The van der Waals surface area contributed by atoms with Gasteiger partial charge in [0.1, 0.15) is 11.5 Å². The number of hydrogen-bond acceptors (Lipinski definition) is 4. The molecule has 0 saturated carbocycles. The first-order valence-corrected chi connectivity index (χ1v) is 5.77. The van der Waals surface area contributed by atoms with E-state index in [1.54, 1.807) is 31.4 Å². The molecule has 0 amide bonds. The summed E-state index contributed by atoms with van der Waals surface area (Å²) in [5, 5.41) is 20.0. The second-order valence-corrected chi connectivity index (χ2v) is 4.13. The van der Waals surface area contributed by atoms with Gasteiger partial charge in [-0.15, -0.1) is 0 Å². The molecule has 0 aliphatic rings. The highest BCUT2D eigenvalue weighted by molar-refractivity contribution is 6.38. The van der Waals surface area contributed by atoms with Crippen molar-refractivity contribution in [2.75, 3.05) is 7.11 Å². The summed E-state index contributed by atoms with van der Waals surface area (Å²) < 4.78 is 5.11. The minimum Gasteiger partial charge on any atom is -0.507 e. The molecule has 0 fully saturated rings. The molecule has 2 aromatic carbocycles.